The summed E-state index contributed by atoms with van der Waals surface area (Å²) in [6, 6.07) is 11.8. The monoisotopic (exact) mass is 440 g/mol. The molecule has 1 fully saturated rings. The van der Waals surface area contributed by atoms with Gasteiger partial charge in [0.15, 0.2) is 11.5 Å². The molecule has 0 bridgehead atoms. The van der Waals surface area contributed by atoms with Crippen molar-refractivity contribution in [3.63, 3.8) is 0 Å². The number of hydrogen-bond acceptors (Lipinski definition) is 5. The molecule has 0 N–H and O–H groups in total. The van der Waals surface area contributed by atoms with Gasteiger partial charge in [-0.25, -0.2) is 4.98 Å². The third kappa shape index (κ3) is 3.77. The zero-order chi connectivity index (χ0) is 20.5. The van der Waals surface area contributed by atoms with Gasteiger partial charge in [-0.05, 0) is 48.7 Å². The Labute approximate surface area is 183 Å². The van der Waals surface area contributed by atoms with E-state index in [-0.39, 0.29) is 11.9 Å². The fourth-order valence-corrected chi connectivity index (χ4v) is 5.32. The Balaban J connectivity index is 1.36. The highest BCUT2D eigenvalue weighted by atomic mass is 35.5. The Morgan fingerprint density at radius 2 is 2.07 bits per heavy atom. The van der Waals surface area contributed by atoms with Gasteiger partial charge in [0.1, 0.15) is 5.01 Å². The molecule has 7 heteroatoms. The fraction of sp³-hybridized carbons (Fsp3) is 0.304. The van der Waals surface area contributed by atoms with E-state index in [2.05, 4.69) is 6.07 Å². The predicted molar refractivity (Wildman–Crippen MR) is 119 cm³/mol. The van der Waals surface area contributed by atoms with Crippen molar-refractivity contribution in [3.8, 4) is 11.5 Å². The number of amides is 1. The Bertz CT molecular complexity index is 1090. The number of thiazole rings is 1. The first-order valence-electron chi connectivity index (χ1n) is 10.1. The van der Waals surface area contributed by atoms with Crippen LogP contribution in [0.15, 0.2) is 42.5 Å². The standard InChI is InChI=1S/C23H21ClN2O3S/c24-16-13-15(14-19-22(16)29-12-4-11-28-19)8-9-21(27)26-10-3-6-18(26)23-25-17-5-1-2-7-20(17)30-23/h1-2,5,7-9,13-14,18H,3-4,6,10-12H2/b9-8+. The molecule has 0 radical (unpaired) electrons. The number of fused-ring (bicyclic) bond motifs is 2. The van der Waals surface area contributed by atoms with Crippen molar-refractivity contribution in [1.82, 2.24) is 9.88 Å². The summed E-state index contributed by atoms with van der Waals surface area (Å²) in [7, 11) is 0. The maximum Gasteiger partial charge on any atom is 0.247 e. The van der Waals surface area contributed by atoms with E-state index in [4.69, 9.17) is 26.1 Å². The largest absolute Gasteiger partial charge is 0.489 e. The summed E-state index contributed by atoms with van der Waals surface area (Å²) in [5, 5.41) is 1.50. The summed E-state index contributed by atoms with van der Waals surface area (Å²) in [6.45, 7) is 1.92. The average Bonchev–Trinajstić information content (AvgIpc) is 3.33. The molecule has 3 aromatic rings. The molecular formula is C23H21ClN2O3S. The molecule has 1 unspecified atom stereocenters. The fourth-order valence-electron chi connectivity index (χ4n) is 3.93. The zero-order valence-corrected chi connectivity index (χ0v) is 17.9. The molecule has 2 aliphatic rings. The van der Waals surface area contributed by atoms with E-state index in [1.807, 2.05) is 29.2 Å². The molecule has 2 aliphatic heterocycles. The molecule has 154 valence electrons. The lowest BCUT2D eigenvalue weighted by molar-refractivity contribution is -0.126. The van der Waals surface area contributed by atoms with Gasteiger partial charge in [-0.3, -0.25) is 4.79 Å². The second-order valence-corrected chi connectivity index (χ2v) is 8.89. The molecule has 1 amide bonds. The minimum absolute atomic E-state index is 0.0139. The van der Waals surface area contributed by atoms with Crippen molar-refractivity contribution < 1.29 is 14.3 Å². The third-order valence-electron chi connectivity index (χ3n) is 5.37. The number of halogens is 1. The summed E-state index contributed by atoms with van der Waals surface area (Å²) in [5.74, 6) is 1.19. The van der Waals surface area contributed by atoms with Crippen molar-refractivity contribution in [1.29, 1.82) is 0 Å². The number of carbonyl (C=O) groups is 1. The quantitative estimate of drug-likeness (QED) is 0.505. The van der Waals surface area contributed by atoms with Gasteiger partial charge in [-0.2, -0.15) is 0 Å². The maximum atomic E-state index is 13.0. The first-order chi connectivity index (χ1) is 14.7. The van der Waals surface area contributed by atoms with Crippen LogP contribution in [0.25, 0.3) is 16.3 Å². The normalized spacial score (nSPS) is 18.8. The molecule has 1 aromatic heterocycles. The van der Waals surface area contributed by atoms with Crippen LogP contribution in [0, 0.1) is 0 Å². The zero-order valence-electron chi connectivity index (χ0n) is 16.3. The summed E-state index contributed by atoms with van der Waals surface area (Å²) in [4.78, 5) is 19.7. The average molecular weight is 441 g/mol. The molecule has 0 spiro atoms. The third-order valence-corrected chi connectivity index (χ3v) is 6.79. The minimum atomic E-state index is -0.0139. The number of para-hydroxylation sites is 1. The van der Waals surface area contributed by atoms with Crippen molar-refractivity contribution in [2.45, 2.75) is 25.3 Å². The van der Waals surface area contributed by atoms with Crippen LogP contribution in [-0.4, -0.2) is 35.5 Å². The van der Waals surface area contributed by atoms with Crippen LogP contribution in [0.2, 0.25) is 5.02 Å². The van der Waals surface area contributed by atoms with Crippen LogP contribution in [0.1, 0.15) is 35.9 Å². The predicted octanol–water partition coefficient (Wildman–Crippen LogP) is 5.49. The SMILES string of the molecule is O=C(/C=C/c1cc(Cl)c2c(c1)OCCCO2)N1CCCC1c1nc2ccccc2s1. The molecule has 0 saturated carbocycles. The van der Waals surface area contributed by atoms with E-state index in [0.717, 1.165) is 46.6 Å². The van der Waals surface area contributed by atoms with E-state index in [0.29, 0.717) is 29.7 Å². The van der Waals surface area contributed by atoms with Gasteiger partial charge in [0.05, 0.1) is 34.5 Å². The molecular weight excluding hydrogens is 420 g/mol. The molecule has 2 aromatic carbocycles. The smallest absolute Gasteiger partial charge is 0.247 e. The van der Waals surface area contributed by atoms with Crippen LogP contribution < -0.4 is 9.47 Å². The number of carbonyl (C=O) groups excluding carboxylic acids is 1. The Kier molecular flexibility index (Phi) is 5.35. The number of likely N-dealkylation sites (tertiary alicyclic amines) is 1. The molecule has 5 rings (SSSR count). The lowest BCUT2D eigenvalue weighted by Gasteiger charge is -2.21. The summed E-state index contributed by atoms with van der Waals surface area (Å²) in [5.41, 5.74) is 1.81. The highest BCUT2D eigenvalue weighted by Crippen LogP contribution is 2.39. The second kappa shape index (κ2) is 8.28. The topological polar surface area (TPSA) is 51.7 Å². The minimum Gasteiger partial charge on any atom is -0.489 e. The van der Waals surface area contributed by atoms with E-state index in [9.17, 15) is 4.79 Å². The summed E-state index contributed by atoms with van der Waals surface area (Å²) < 4.78 is 12.6. The van der Waals surface area contributed by atoms with Crippen LogP contribution in [-0.2, 0) is 4.79 Å². The Morgan fingerprint density at radius 1 is 1.20 bits per heavy atom. The maximum absolute atomic E-state index is 13.0. The Hall–Kier alpha value is -2.57. The number of rotatable bonds is 3. The highest BCUT2D eigenvalue weighted by molar-refractivity contribution is 7.18. The van der Waals surface area contributed by atoms with E-state index < -0.39 is 0 Å². The number of aromatic nitrogens is 1. The van der Waals surface area contributed by atoms with E-state index in [1.165, 1.54) is 0 Å². The van der Waals surface area contributed by atoms with Crippen LogP contribution in [0.5, 0.6) is 11.5 Å². The van der Waals surface area contributed by atoms with Crippen molar-refractivity contribution in [2.75, 3.05) is 19.8 Å². The van der Waals surface area contributed by atoms with Gasteiger partial charge in [0.2, 0.25) is 5.91 Å². The van der Waals surface area contributed by atoms with Crippen molar-refractivity contribution in [2.24, 2.45) is 0 Å². The molecule has 30 heavy (non-hydrogen) atoms. The second-order valence-electron chi connectivity index (χ2n) is 7.42. The number of benzene rings is 2. The molecule has 1 saturated heterocycles. The van der Waals surface area contributed by atoms with Crippen LogP contribution in [0.3, 0.4) is 0 Å². The number of nitrogens with zero attached hydrogens (tertiary/aromatic N) is 2. The number of ether oxygens (including phenoxy) is 2. The molecule has 0 aliphatic carbocycles. The van der Waals surface area contributed by atoms with Gasteiger partial charge in [0.25, 0.3) is 0 Å². The molecule has 5 nitrogen and oxygen atoms in total. The highest BCUT2D eigenvalue weighted by Gasteiger charge is 2.31. The van der Waals surface area contributed by atoms with Crippen LogP contribution >= 0.6 is 22.9 Å². The molecule has 3 heterocycles. The van der Waals surface area contributed by atoms with Crippen molar-refractivity contribution >= 4 is 45.1 Å². The van der Waals surface area contributed by atoms with Crippen LogP contribution in [0.4, 0.5) is 0 Å². The summed E-state index contributed by atoms with van der Waals surface area (Å²) in [6.07, 6.45) is 6.14. The Morgan fingerprint density at radius 3 is 2.97 bits per heavy atom. The van der Waals surface area contributed by atoms with Crippen molar-refractivity contribution in [3.05, 3.63) is 58.1 Å². The van der Waals surface area contributed by atoms with Gasteiger partial charge in [-0.15, -0.1) is 11.3 Å². The summed E-state index contributed by atoms with van der Waals surface area (Å²) >= 11 is 8.04. The first kappa shape index (κ1) is 19.4. The number of hydrogen-bond donors (Lipinski definition) is 0. The molecule has 1 atom stereocenters. The van der Waals surface area contributed by atoms with Gasteiger partial charge in [-0.1, -0.05) is 23.7 Å². The first-order valence-corrected chi connectivity index (χ1v) is 11.3. The lowest BCUT2D eigenvalue weighted by atomic mass is 10.1. The van der Waals surface area contributed by atoms with Gasteiger partial charge < -0.3 is 14.4 Å². The van der Waals surface area contributed by atoms with Gasteiger partial charge in [0, 0.05) is 19.0 Å². The lowest BCUT2D eigenvalue weighted by Crippen LogP contribution is -2.28. The van der Waals surface area contributed by atoms with E-state index >= 15 is 0 Å². The van der Waals surface area contributed by atoms with E-state index in [1.54, 1.807) is 29.6 Å². The van der Waals surface area contributed by atoms with Gasteiger partial charge >= 0.3 is 0 Å².